The largest absolute Gasteiger partial charge is 0.489 e. The molecular formula is C14H17NO4. The molecule has 1 atom stereocenters. The van der Waals surface area contributed by atoms with Crippen molar-refractivity contribution in [3.05, 3.63) is 28.8 Å². The molecule has 102 valence electrons. The van der Waals surface area contributed by atoms with Gasteiger partial charge in [0.2, 0.25) is 0 Å². The molecule has 0 fully saturated rings. The van der Waals surface area contributed by atoms with E-state index in [2.05, 4.69) is 5.32 Å². The van der Waals surface area contributed by atoms with E-state index >= 15 is 0 Å². The van der Waals surface area contributed by atoms with Gasteiger partial charge in [-0.2, -0.15) is 0 Å². The van der Waals surface area contributed by atoms with Crippen LogP contribution in [-0.4, -0.2) is 31.6 Å². The number of benzene rings is 1. The van der Waals surface area contributed by atoms with Gasteiger partial charge < -0.3 is 14.8 Å². The quantitative estimate of drug-likeness (QED) is 0.840. The topological polar surface area (TPSA) is 64.6 Å². The molecule has 1 heterocycles. The SMILES string of the molecule is CCOC(=O)c1cc2c(c(C(=O)NC)c1)OC(C)C2. The van der Waals surface area contributed by atoms with Crippen molar-refractivity contribution in [3.8, 4) is 5.75 Å². The standard InChI is InChI=1S/C14H17NO4/c1-4-18-14(17)10-6-9-5-8(2)19-12(9)11(7-10)13(16)15-3/h6-8H,4-5H2,1-3H3,(H,15,16). The second kappa shape index (κ2) is 5.30. The van der Waals surface area contributed by atoms with E-state index in [1.807, 2.05) is 6.92 Å². The molecule has 1 N–H and O–H groups in total. The Balaban J connectivity index is 2.47. The third kappa shape index (κ3) is 2.54. The van der Waals surface area contributed by atoms with Gasteiger partial charge >= 0.3 is 5.97 Å². The second-order valence-electron chi connectivity index (χ2n) is 4.44. The summed E-state index contributed by atoms with van der Waals surface area (Å²) in [5.41, 5.74) is 1.64. The normalized spacial score (nSPS) is 16.5. The van der Waals surface area contributed by atoms with Crippen LogP contribution in [0.15, 0.2) is 12.1 Å². The highest BCUT2D eigenvalue weighted by Crippen LogP contribution is 2.34. The number of ether oxygens (including phenoxy) is 2. The molecule has 0 saturated heterocycles. The zero-order valence-electron chi connectivity index (χ0n) is 11.3. The first kappa shape index (κ1) is 13.4. The van der Waals surface area contributed by atoms with Crippen LogP contribution < -0.4 is 10.1 Å². The fourth-order valence-corrected chi connectivity index (χ4v) is 2.17. The summed E-state index contributed by atoms with van der Waals surface area (Å²) in [4.78, 5) is 23.7. The lowest BCUT2D eigenvalue weighted by Gasteiger charge is -2.10. The molecular weight excluding hydrogens is 246 g/mol. The zero-order chi connectivity index (χ0) is 14.0. The van der Waals surface area contributed by atoms with Crippen molar-refractivity contribution in [2.75, 3.05) is 13.7 Å². The number of nitrogens with one attached hydrogen (secondary N) is 1. The molecule has 1 aromatic carbocycles. The number of carbonyl (C=O) groups excluding carboxylic acids is 2. The van der Waals surface area contributed by atoms with Gasteiger partial charge in [-0.25, -0.2) is 4.79 Å². The van der Waals surface area contributed by atoms with Gasteiger partial charge in [-0.3, -0.25) is 4.79 Å². The summed E-state index contributed by atoms with van der Waals surface area (Å²) >= 11 is 0. The Hall–Kier alpha value is -2.04. The predicted octanol–water partition coefficient (Wildman–Crippen LogP) is 1.55. The Morgan fingerprint density at radius 1 is 1.47 bits per heavy atom. The summed E-state index contributed by atoms with van der Waals surface area (Å²) in [5, 5.41) is 2.55. The third-order valence-corrected chi connectivity index (χ3v) is 2.98. The van der Waals surface area contributed by atoms with E-state index in [1.165, 1.54) is 6.07 Å². The van der Waals surface area contributed by atoms with Crippen LogP contribution in [0.4, 0.5) is 0 Å². The molecule has 0 radical (unpaired) electrons. The van der Waals surface area contributed by atoms with E-state index in [0.717, 1.165) is 5.56 Å². The van der Waals surface area contributed by atoms with Crippen LogP contribution in [0.25, 0.3) is 0 Å². The van der Waals surface area contributed by atoms with Gasteiger partial charge in [0.25, 0.3) is 5.91 Å². The van der Waals surface area contributed by atoms with Crippen molar-refractivity contribution in [1.29, 1.82) is 0 Å². The summed E-state index contributed by atoms with van der Waals surface area (Å²) in [6, 6.07) is 3.26. The number of fused-ring (bicyclic) bond motifs is 1. The fourth-order valence-electron chi connectivity index (χ4n) is 2.17. The average Bonchev–Trinajstić information content (AvgIpc) is 2.76. The van der Waals surface area contributed by atoms with E-state index in [4.69, 9.17) is 9.47 Å². The molecule has 5 heteroatoms. The average molecular weight is 263 g/mol. The van der Waals surface area contributed by atoms with E-state index in [0.29, 0.717) is 29.9 Å². The zero-order valence-corrected chi connectivity index (χ0v) is 11.3. The number of esters is 1. The summed E-state index contributed by atoms with van der Waals surface area (Å²) < 4.78 is 10.6. The summed E-state index contributed by atoms with van der Waals surface area (Å²) in [5.74, 6) is -0.119. The molecule has 0 aromatic heterocycles. The first-order valence-corrected chi connectivity index (χ1v) is 6.29. The third-order valence-electron chi connectivity index (χ3n) is 2.98. The van der Waals surface area contributed by atoms with Crippen molar-refractivity contribution in [2.45, 2.75) is 26.4 Å². The minimum Gasteiger partial charge on any atom is -0.489 e. The second-order valence-corrected chi connectivity index (χ2v) is 4.44. The number of hydrogen-bond acceptors (Lipinski definition) is 4. The maximum absolute atomic E-state index is 11.9. The van der Waals surface area contributed by atoms with E-state index in [1.54, 1.807) is 20.0 Å². The number of hydrogen-bond donors (Lipinski definition) is 1. The van der Waals surface area contributed by atoms with Crippen LogP contribution in [0, 0.1) is 0 Å². The van der Waals surface area contributed by atoms with Gasteiger partial charge in [0, 0.05) is 13.5 Å². The van der Waals surface area contributed by atoms with Gasteiger partial charge in [-0.05, 0) is 31.5 Å². The molecule has 1 amide bonds. The van der Waals surface area contributed by atoms with Crippen LogP contribution >= 0.6 is 0 Å². The van der Waals surface area contributed by atoms with E-state index in [-0.39, 0.29) is 12.0 Å². The monoisotopic (exact) mass is 263 g/mol. The lowest BCUT2D eigenvalue weighted by molar-refractivity contribution is 0.0526. The molecule has 5 nitrogen and oxygen atoms in total. The summed E-state index contributed by atoms with van der Waals surface area (Å²) in [6.07, 6.45) is 0.697. The van der Waals surface area contributed by atoms with Gasteiger partial charge in [0.05, 0.1) is 17.7 Å². The number of amides is 1. The van der Waals surface area contributed by atoms with Crippen molar-refractivity contribution < 1.29 is 19.1 Å². The highest BCUT2D eigenvalue weighted by atomic mass is 16.5. The first-order chi connectivity index (χ1) is 9.06. The molecule has 2 rings (SSSR count). The molecule has 1 aliphatic rings. The highest BCUT2D eigenvalue weighted by Gasteiger charge is 2.27. The fraction of sp³-hybridized carbons (Fsp3) is 0.429. The van der Waals surface area contributed by atoms with Crippen molar-refractivity contribution in [3.63, 3.8) is 0 Å². The molecule has 0 spiro atoms. The van der Waals surface area contributed by atoms with Crippen LogP contribution in [0.1, 0.15) is 40.1 Å². The van der Waals surface area contributed by atoms with E-state index in [9.17, 15) is 9.59 Å². The lowest BCUT2D eigenvalue weighted by Crippen LogP contribution is -2.20. The minimum absolute atomic E-state index is 0.0100. The summed E-state index contributed by atoms with van der Waals surface area (Å²) in [7, 11) is 1.55. The Labute approximate surface area is 111 Å². The molecule has 0 bridgehead atoms. The number of rotatable bonds is 3. The van der Waals surface area contributed by atoms with Crippen LogP contribution in [0.5, 0.6) is 5.75 Å². The Bertz CT molecular complexity index is 524. The minimum atomic E-state index is -0.421. The molecule has 1 aromatic rings. The smallest absolute Gasteiger partial charge is 0.338 e. The van der Waals surface area contributed by atoms with E-state index < -0.39 is 5.97 Å². The summed E-state index contributed by atoms with van der Waals surface area (Å²) in [6.45, 7) is 3.98. The molecule has 19 heavy (non-hydrogen) atoms. The maximum atomic E-state index is 11.9. The van der Waals surface area contributed by atoms with Crippen molar-refractivity contribution in [1.82, 2.24) is 5.32 Å². The Morgan fingerprint density at radius 3 is 2.84 bits per heavy atom. The van der Waals surface area contributed by atoms with Gasteiger partial charge in [-0.15, -0.1) is 0 Å². The molecule has 1 unspecified atom stereocenters. The molecule has 1 aliphatic heterocycles. The number of carbonyl (C=O) groups is 2. The highest BCUT2D eigenvalue weighted by molar-refractivity contribution is 6.00. The molecule has 0 aliphatic carbocycles. The Kier molecular flexibility index (Phi) is 3.74. The van der Waals surface area contributed by atoms with Gasteiger partial charge in [0.1, 0.15) is 11.9 Å². The van der Waals surface area contributed by atoms with Crippen molar-refractivity contribution >= 4 is 11.9 Å². The Morgan fingerprint density at radius 2 is 2.21 bits per heavy atom. The predicted molar refractivity (Wildman–Crippen MR) is 69.6 cm³/mol. The lowest BCUT2D eigenvalue weighted by atomic mass is 10.0. The van der Waals surface area contributed by atoms with Gasteiger partial charge in [-0.1, -0.05) is 0 Å². The van der Waals surface area contributed by atoms with Crippen molar-refractivity contribution in [2.24, 2.45) is 0 Å². The van der Waals surface area contributed by atoms with Crippen LogP contribution in [-0.2, 0) is 11.2 Å². The van der Waals surface area contributed by atoms with Crippen LogP contribution in [0.3, 0.4) is 0 Å². The molecule has 0 saturated carbocycles. The first-order valence-electron chi connectivity index (χ1n) is 6.29. The van der Waals surface area contributed by atoms with Gasteiger partial charge in [0.15, 0.2) is 0 Å². The maximum Gasteiger partial charge on any atom is 0.338 e. The van der Waals surface area contributed by atoms with Crippen LogP contribution in [0.2, 0.25) is 0 Å².